The number of anilines is 3. The first-order valence-electron chi connectivity index (χ1n) is 10.5. The molecule has 2 bridgehead atoms. The number of nitrogen functional groups attached to an aromatic ring is 1. The van der Waals surface area contributed by atoms with Crippen LogP contribution in [0, 0.1) is 5.92 Å². The molecule has 7 nitrogen and oxygen atoms in total. The monoisotopic (exact) mass is 388 g/mol. The summed E-state index contributed by atoms with van der Waals surface area (Å²) < 4.78 is 2.11. The predicted octanol–water partition coefficient (Wildman–Crippen LogP) is 3.32. The molecule has 0 aromatic carbocycles. The third kappa shape index (κ3) is 2.84. The second-order valence-corrected chi connectivity index (χ2v) is 8.59. The maximum atomic E-state index is 12.9. The number of amides is 1. The smallest absolute Gasteiger partial charge is 0.230 e. The van der Waals surface area contributed by atoms with Crippen molar-refractivity contribution in [2.24, 2.45) is 5.92 Å². The number of nitrogens with zero attached hydrogens (tertiary/aromatic N) is 4. The van der Waals surface area contributed by atoms with E-state index in [4.69, 9.17) is 10.7 Å². The van der Waals surface area contributed by atoms with Crippen LogP contribution < -0.4 is 16.0 Å². The van der Waals surface area contributed by atoms with E-state index in [1.807, 2.05) is 17.0 Å². The normalized spacial score (nSPS) is 23.3. The number of carbonyl (C=O) groups is 1. The fourth-order valence-corrected chi connectivity index (χ4v) is 4.91. The van der Waals surface area contributed by atoms with Crippen molar-refractivity contribution in [2.45, 2.75) is 50.6 Å². The third-order valence-electron chi connectivity index (χ3n) is 6.52. The molecule has 2 atom stereocenters. The number of nitrogens with one attached hydrogen (secondary N) is 1. The van der Waals surface area contributed by atoms with Crippen molar-refractivity contribution in [3.05, 3.63) is 48.0 Å². The molecule has 0 radical (unpaired) electrons. The Morgan fingerprint density at radius 1 is 1.14 bits per heavy atom. The molecule has 2 unspecified atom stereocenters. The maximum absolute atomic E-state index is 12.9. The number of imidazole rings is 1. The summed E-state index contributed by atoms with van der Waals surface area (Å²) in [6, 6.07) is 6.26. The lowest BCUT2D eigenvalue weighted by Crippen LogP contribution is -2.37. The molecule has 148 valence electrons. The van der Waals surface area contributed by atoms with Crippen LogP contribution in [-0.2, 0) is 11.3 Å². The van der Waals surface area contributed by atoms with E-state index in [9.17, 15) is 4.79 Å². The fourth-order valence-electron chi connectivity index (χ4n) is 4.91. The van der Waals surface area contributed by atoms with Gasteiger partial charge in [-0.2, -0.15) is 0 Å². The Hall–Kier alpha value is -3.09. The molecule has 6 rings (SSSR count). The van der Waals surface area contributed by atoms with Gasteiger partial charge in [0.15, 0.2) is 5.65 Å². The first-order chi connectivity index (χ1) is 14.2. The highest BCUT2D eigenvalue weighted by Crippen LogP contribution is 2.45. The van der Waals surface area contributed by atoms with E-state index in [1.54, 1.807) is 6.20 Å². The Morgan fingerprint density at radius 2 is 2.00 bits per heavy atom. The second-order valence-electron chi connectivity index (χ2n) is 8.59. The Balaban J connectivity index is 1.37. The highest BCUT2D eigenvalue weighted by Gasteiger charge is 2.46. The molecule has 1 saturated heterocycles. The number of fused-ring (bicyclic) bond motifs is 3. The van der Waals surface area contributed by atoms with Gasteiger partial charge in [-0.15, -0.1) is 0 Å². The van der Waals surface area contributed by atoms with Crippen LogP contribution in [0.4, 0.5) is 17.2 Å². The zero-order valence-corrected chi connectivity index (χ0v) is 16.2. The maximum Gasteiger partial charge on any atom is 0.230 e. The third-order valence-corrected chi connectivity index (χ3v) is 6.52. The van der Waals surface area contributed by atoms with Gasteiger partial charge >= 0.3 is 0 Å². The van der Waals surface area contributed by atoms with Gasteiger partial charge in [-0.3, -0.25) is 4.79 Å². The van der Waals surface area contributed by atoms with Gasteiger partial charge in [-0.05, 0) is 55.7 Å². The van der Waals surface area contributed by atoms with E-state index in [-0.39, 0.29) is 11.8 Å². The highest BCUT2D eigenvalue weighted by atomic mass is 16.2. The summed E-state index contributed by atoms with van der Waals surface area (Å²) in [6.07, 6.45) is 11.6. The Kier molecular flexibility index (Phi) is 3.60. The van der Waals surface area contributed by atoms with Gasteiger partial charge in [0.1, 0.15) is 5.82 Å². The van der Waals surface area contributed by atoms with Crippen molar-refractivity contribution in [3.8, 4) is 0 Å². The number of pyridine rings is 2. The Labute approximate surface area is 168 Å². The van der Waals surface area contributed by atoms with Crippen LogP contribution in [0.1, 0.15) is 49.3 Å². The summed E-state index contributed by atoms with van der Waals surface area (Å²) >= 11 is 0. The Morgan fingerprint density at radius 3 is 2.76 bits per heavy atom. The summed E-state index contributed by atoms with van der Waals surface area (Å²) in [5, 5.41) is 3.36. The number of nitrogens with two attached hydrogens (primary N) is 1. The predicted molar refractivity (Wildman–Crippen MR) is 112 cm³/mol. The van der Waals surface area contributed by atoms with Crippen LogP contribution in [0.5, 0.6) is 0 Å². The van der Waals surface area contributed by atoms with E-state index >= 15 is 0 Å². The minimum absolute atomic E-state index is 0.206. The van der Waals surface area contributed by atoms with Crippen molar-refractivity contribution >= 4 is 28.7 Å². The molecular formula is C22H24N6O. The zero-order valence-electron chi connectivity index (χ0n) is 16.2. The van der Waals surface area contributed by atoms with Crippen LogP contribution in [-0.4, -0.2) is 26.3 Å². The van der Waals surface area contributed by atoms with Crippen LogP contribution in [0.15, 0.2) is 36.8 Å². The van der Waals surface area contributed by atoms with Gasteiger partial charge in [0.25, 0.3) is 0 Å². The molecule has 29 heavy (non-hydrogen) atoms. The number of carbonyl (C=O) groups excluding carboxylic acids is 1. The number of hydrogen-bond donors (Lipinski definition) is 2. The van der Waals surface area contributed by atoms with E-state index in [2.05, 4.69) is 33.2 Å². The second kappa shape index (κ2) is 6.20. The molecule has 3 fully saturated rings. The molecular weight excluding hydrogens is 364 g/mol. The van der Waals surface area contributed by atoms with Gasteiger partial charge in [-0.25, -0.2) is 9.97 Å². The molecule has 1 aliphatic heterocycles. The summed E-state index contributed by atoms with van der Waals surface area (Å²) in [4.78, 5) is 23.9. The quantitative estimate of drug-likeness (QED) is 0.700. The molecule has 3 N–H and O–H groups in total. The summed E-state index contributed by atoms with van der Waals surface area (Å²) in [5.74, 6) is 1.60. The van der Waals surface area contributed by atoms with Crippen LogP contribution >= 0.6 is 0 Å². The zero-order chi connectivity index (χ0) is 19.5. The van der Waals surface area contributed by atoms with E-state index in [0.717, 1.165) is 42.0 Å². The topological polar surface area (TPSA) is 88.5 Å². The van der Waals surface area contributed by atoms with Crippen LogP contribution in [0.3, 0.4) is 0 Å². The van der Waals surface area contributed by atoms with Crippen LogP contribution in [0.2, 0.25) is 0 Å². The molecule has 2 aliphatic carbocycles. The molecule has 1 amide bonds. The van der Waals surface area contributed by atoms with Crippen molar-refractivity contribution in [1.82, 2.24) is 14.4 Å². The molecule has 3 aromatic rings. The van der Waals surface area contributed by atoms with E-state index in [0.29, 0.717) is 24.3 Å². The average molecular weight is 388 g/mol. The van der Waals surface area contributed by atoms with Crippen LogP contribution in [0.25, 0.3) is 5.65 Å². The minimum Gasteiger partial charge on any atom is -0.384 e. The first-order valence-corrected chi connectivity index (χ1v) is 10.5. The fraction of sp³-hybridized carbons (Fsp3) is 0.409. The van der Waals surface area contributed by atoms with E-state index in [1.165, 1.54) is 18.4 Å². The lowest BCUT2D eigenvalue weighted by Gasteiger charge is -2.28. The largest absolute Gasteiger partial charge is 0.384 e. The van der Waals surface area contributed by atoms with Crippen molar-refractivity contribution in [3.63, 3.8) is 0 Å². The number of aromatic nitrogens is 3. The number of rotatable bonds is 5. The molecule has 3 aliphatic rings. The summed E-state index contributed by atoms with van der Waals surface area (Å²) in [6.45, 7) is 0.587. The minimum atomic E-state index is 0.206. The summed E-state index contributed by atoms with van der Waals surface area (Å²) in [5.41, 5.74) is 10.8. The van der Waals surface area contributed by atoms with Crippen molar-refractivity contribution < 1.29 is 4.79 Å². The lowest BCUT2D eigenvalue weighted by molar-refractivity contribution is -0.121. The van der Waals surface area contributed by atoms with Gasteiger partial charge in [0, 0.05) is 42.3 Å². The standard InChI is InChI=1S/C22H24N6O/c23-20-9-16(5-6-24-20)25-10-17-12-27-11-15(13-1-2-13)8-19(21(27)26-17)28-18-4-3-14(7-18)22(28)29/h5-6,8-9,11-14,18H,1-4,7,10H2,(H3,23,24,25). The SMILES string of the molecule is Nc1cc(NCc2cn3cc(C4CC4)cc(N4C(=O)C5CCC4C5)c3n2)ccn1. The van der Waals surface area contributed by atoms with E-state index < -0.39 is 0 Å². The van der Waals surface area contributed by atoms with Gasteiger partial charge in [-0.1, -0.05) is 0 Å². The Bertz CT molecular complexity index is 1120. The molecule has 2 saturated carbocycles. The highest BCUT2D eigenvalue weighted by molar-refractivity contribution is 6.01. The van der Waals surface area contributed by atoms with Gasteiger partial charge < -0.3 is 20.4 Å². The van der Waals surface area contributed by atoms with Crippen molar-refractivity contribution in [1.29, 1.82) is 0 Å². The lowest BCUT2D eigenvalue weighted by atomic mass is 10.1. The average Bonchev–Trinajstić information content (AvgIpc) is 3.18. The molecule has 7 heteroatoms. The molecule has 4 heterocycles. The molecule has 0 spiro atoms. The van der Waals surface area contributed by atoms with Gasteiger partial charge in [0.2, 0.25) is 5.91 Å². The van der Waals surface area contributed by atoms with Crippen molar-refractivity contribution in [2.75, 3.05) is 16.0 Å². The number of hydrogen-bond acceptors (Lipinski definition) is 5. The first kappa shape index (κ1) is 16.8. The summed E-state index contributed by atoms with van der Waals surface area (Å²) in [7, 11) is 0. The van der Waals surface area contributed by atoms with Gasteiger partial charge in [0.05, 0.1) is 17.9 Å². The number of piperidine rings is 1. The molecule has 3 aromatic heterocycles.